The largest absolute Gasteiger partial charge is 0.369 e. The molecule has 0 bridgehead atoms. The van der Waals surface area contributed by atoms with Gasteiger partial charge in [0.15, 0.2) is 0 Å². The van der Waals surface area contributed by atoms with Crippen LogP contribution in [0.2, 0.25) is 0 Å². The topological polar surface area (TPSA) is 18.5 Å². The molecule has 1 heterocycles. The van der Waals surface area contributed by atoms with Gasteiger partial charge in [-0.1, -0.05) is 12.1 Å². The van der Waals surface area contributed by atoms with Crippen molar-refractivity contribution < 1.29 is 0 Å². The molecular weight excluding hydrogens is 198 g/mol. The second kappa shape index (κ2) is 5.32. The number of nitrogens with zero attached hydrogens (tertiary/aromatic N) is 2. The fourth-order valence-electron chi connectivity index (χ4n) is 2.09. The summed E-state index contributed by atoms with van der Waals surface area (Å²) in [6.07, 6.45) is 0. The van der Waals surface area contributed by atoms with E-state index < -0.39 is 0 Å². The van der Waals surface area contributed by atoms with Crippen molar-refractivity contribution in [2.45, 2.75) is 6.54 Å². The number of likely N-dealkylation sites (N-methyl/N-ethyl adjacent to an activating group) is 1. The van der Waals surface area contributed by atoms with Crippen LogP contribution < -0.4 is 10.2 Å². The summed E-state index contributed by atoms with van der Waals surface area (Å²) in [5.74, 6) is 0. The molecule has 1 saturated heterocycles. The molecule has 0 spiro atoms. The quantitative estimate of drug-likeness (QED) is 0.823. The molecule has 0 aromatic heterocycles. The van der Waals surface area contributed by atoms with Gasteiger partial charge in [-0.15, -0.1) is 0 Å². The highest BCUT2D eigenvalue weighted by Crippen LogP contribution is 2.16. The molecule has 1 aromatic carbocycles. The third-order valence-electron chi connectivity index (χ3n) is 3.19. The van der Waals surface area contributed by atoms with E-state index in [1.54, 1.807) is 0 Å². The highest BCUT2D eigenvalue weighted by Gasteiger charge is 2.13. The number of anilines is 1. The first-order valence-electron chi connectivity index (χ1n) is 5.96. The third kappa shape index (κ3) is 2.74. The molecule has 1 N–H and O–H groups in total. The molecule has 16 heavy (non-hydrogen) atoms. The van der Waals surface area contributed by atoms with Crippen LogP contribution in [0.3, 0.4) is 0 Å². The Morgan fingerprint density at radius 1 is 1.06 bits per heavy atom. The zero-order chi connectivity index (χ0) is 11.4. The average Bonchev–Trinajstić information content (AvgIpc) is 2.32. The average molecular weight is 219 g/mol. The summed E-state index contributed by atoms with van der Waals surface area (Å²) in [6.45, 7) is 5.56. The van der Waals surface area contributed by atoms with Gasteiger partial charge in [0.2, 0.25) is 0 Å². The lowest BCUT2D eigenvalue weighted by molar-refractivity contribution is 0.313. The standard InChI is InChI=1S/C13H21N3/c1-14-11-12-3-5-13(6-4-12)16-9-7-15(2)8-10-16/h3-6,14H,7-11H2,1-2H3. The molecule has 1 fully saturated rings. The van der Waals surface area contributed by atoms with Gasteiger partial charge < -0.3 is 15.1 Å². The molecule has 0 saturated carbocycles. The summed E-state index contributed by atoms with van der Waals surface area (Å²) in [5.41, 5.74) is 2.70. The lowest BCUT2D eigenvalue weighted by atomic mass is 10.2. The van der Waals surface area contributed by atoms with Gasteiger partial charge in [-0.2, -0.15) is 0 Å². The van der Waals surface area contributed by atoms with Gasteiger partial charge in [0.25, 0.3) is 0 Å². The summed E-state index contributed by atoms with van der Waals surface area (Å²) in [4.78, 5) is 4.84. The van der Waals surface area contributed by atoms with Gasteiger partial charge in [0.1, 0.15) is 0 Å². The van der Waals surface area contributed by atoms with Gasteiger partial charge in [0.05, 0.1) is 0 Å². The normalized spacial score (nSPS) is 17.8. The summed E-state index contributed by atoms with van der Waals surface area (Å²) < 4.78 is 0. The zero-order valence-corrected chi connectivity index (χ0v) is 10.2. The van der Waals surface area contributed by atoms with Gasteiger partial charge in [-0.25, -0.2) is 0 Å². The molecule has 2 rings (SSSR count). The summed E-state index contributed by atoms with van der Waals surface area (Å²) >= 11 is 0. The molecule has 0 atom stereocenters. The number of nitrogens with one attached hydrogen (secondary N) is 1. The van der Waals surface area contributed by atoms with E-state index in [2.05, 4.69) is 46.4 Å². The van der Waals surface area contributed by atoms with E-state index in [0.29, 0.717) is 0 Å². The third-order valence-corrected chi connectivity index (χ3v) is 3.19. The minimum absolute atomic E-state index is 0.947. The molecule has 1 aliphatic heterocycles. The first kappa shape index (κ1) is 11.4. The molecule has 3 nitrogen and oxygen atoms in total. The van der Waals surface area contributed by atoms with Crippen LogP contribution in [0.15, 0.2) is 24.3 Å². The fourth-order valence-corrected chi connectivity index (χ4v) is 2.09. The molecule has 0 radical (unpaired) electrons. The van der Waals surface area contributed by atoms with Crippen molar-refractivity contribution >= 4 is 5.69 Å². The Kier molecular flexibility index (Phi) is 3.80. The minimum Gasteiger partial charge on any atom is -0.369 e. The van der Waals surface area contributed by atoms with Gasteiger partial charge in [0, 0.05) is 38.4 Å². The second-order valence-corrected chi connectivity index (χ2v) is 4.49. The van der Waals surface area contributed by atoms with Crippen LogP contribution in [0.25, 0.3) is 0 Å². The Bertz CT molecular complexity index is 312. The highest BCUT2D eigenvalue weighted by atomic mass is 15.2. The Balaban J connectivity index is 1.98. The molecule has 0 aliphatic carbocycles. The van der Waals surface area contributed by atoms with E-state index in [1.165, 1.54) is 11.3 Å². The molecule has 1 aliphatic rings. The van der Waals surface area contributed by atoms with E-state index >= 15 is 0 Å². The Morgan fingerprint density at radius 2 is 1.69 bits per heavy atom. The zero-order valence-electron chi connectivity index (χ0n) is 10.2. The molecule has 3 heteroatoms. The van der Waals surface area contributed by atoms with Crippen LogP contribution in [0.1, 0.15) is 5.56 Å². The molecule has 0 amide bonds. The van der Waals surface area contributed by atoms with Crippen LogP contribution in [-0.4, -0.2) is 45.2 Å². The van der Waals surface area contributed by atoms with Crippen LogP contribution in [0.4, 0.5) is 5.69 Å². The van der Waals surface area contributed by atoms with Crippen molar-refractivity contribution in [1.82, 2.24) is 10.2 Å². The van der Waals surface area contributed by atoms with Crippen LogP contribution in [0, 0.1) is 0 Å². The first-order chi connectivity index (χ1) is 7.79. The lowest BCUT2D eigenvalue weighted by Gasteiger charge is -2.34. The Morgan fingerprint density at radius 3 is 2.25 bits per heavy atom. The highest BCUT2D eigenvalue weighted by molar-refractivity contribution is 5.48. The number of hydrogen-bond acceptors (Lipinski definition) is 3. The second-order valence-electron chi connectivity index (χ2n) is 4.49. The lowest BCUT2D eigenvalue weighted by Crippen LogP contribution is -2.44. The van der Waals surface area contributed by atoms with Crippen LogP contribution >= 0.6 is 0 Å². The molecule has 1 aromatic rings. The van der Waals surface area contributed by atoms with E-state index in [9.17, 15) is 0 Å². The smallest absolute Gasteiger partial charge is 0.0367 e. The molecule has 0 unspecified atom stereocenters. The van der Waals surface area contributed by atoms with Gasteiger partial charge in [-0.05, 0) is 31.8 Å². The van der Waals surface area contributed by atoms with Gasteiger partial charge in [-0.3, -0.25) is 0 Å². The minimum atomic E-state index is 0.947. The first-order valence-corrected chi connectivity index (χ1v) is 5.96. The number of benzene rings is 1. The molecule has 88 valence electrons. The summed E-state index contributed by atoms with van der Waals surface area (Å²) in [6, 6.07) is 8.89. The number of piperazine rings is 1. The summed E-state index contributed by atoms with van der Waals surface area (Å²) in [5, 5.41) is 3.17. The van der Waals surface area contributed by atoms with E-state index in [4.69, 9.17) is 0 Å². The van der Waals surface area contributed by atoms with E-state index in [1.807, 2.05) is 7.05 Å². The SMILES string of the molecule is CNCc1ccc(N2CCN(C)CC2)cc1. The maximum Gasteiger partial charge on any atom is 0.0367 e. The van der Waals surface area contributed by atoms with Crippen LogP contribution in [-0.2, 0) is 6.54 Å². The predicted molar refractivity (Wildman–Crippen MR) is 68.9 cm³/mol. The monoisotopic (exact) mass is 219 g/mol. The maximum absolute atomic E-state index is 3.17. The Labute approximate surface area is 98.0 Å². The predicted octanol–water partition coefficient (Wildman–Crippen LogP) is 1.16. The van der Waals surface area contributed by atoms with Crippen molar-refractivity contribution in [1.29, 1.82) is 0 Å². The van der Waals surface area contributed by atoms with Gasteiger partial charge >= 0.3 is 0 Å². The van der Waals surface area contributed by atoms with E-state index in [-0.39, 0.29) is 0 Å². The van der Waals surface area contributed by atoms with Crippen molar-refractivity contribution in [3.63, 3.8) is 0 Å². The Hall–Kier alpha value is -1.06. The van der Waals surface area contributed by atoms with Crippen molar-refractivity contribution in [2.75, 3.05) is 45.2 Å². The van der Waals surface area contributed by atoms with Crippen molar-refractivity contribution in [3.8, 4) is 0 Å². The summed E-state index contributed by atoms with van der Waals surface area (Å²) in [7, 11) is 4.17. The number of rotatable bonds is 3. The van der Waals surface area contributed by atoms with E-state index in [0.717, 1.165) is 32.7 Å². The molecular formula is C13H21N3. The van der Waals surface area contributed by atoms with Crippen LogP contribution in [0.5, 0.6) is 0 Å². The van der Waals surface area contributed by atoms with Crippen molar-refractivity contribution in [2.24, 2.45) is 0 Å². The fraction of sp³-hybridized carbons (Fsp3) is 0.538. The number of hydrogen-bond donors (Lipinski definition) is 1. The van der Waals surface area contributed by atoms with Crippen molar-refractivity contribution in [3.05, 3.63) is 29.8 Å². The maximum atomic E-state index is 3.17.